The van der Waals surface area contributed by atoms with Crippen LogP contribution in [0.2, 0.25) is 0 Å². The molecule has 2 amide bonds. The third kappa shape index (κ3) is 5.44. The fourth-order valence-corrected chi connectivity index (χ4v) is 4.30. The van der Waals surface area contributed by atoms with Crippen molar-refractivity contribution < 1.29 is 9.59 Å². The number of benzene rings is 1. The van der Waals surface area contributed by atoms with Crippen LogP contribution in [0.3, 0.4) is 0 Å². The molecule has 0 saturated carbocycles. The van der Waals surface area contributed by atoms with Crippen molar-refractivity contribution in [1.82, 2.24) is 15.2 Å². The molecule has 1 aliphatic rings. The molecule has 0 spiro atoms. The van der Waals surface area contributed by atoms with Gasteiger partial charge in [0.05, 0.1) is 5.92 Å². The fraction of sp³-hybridized carbons (Fsp3) is 0.522. The Bertz CT molecular complexity index is 842. The van der Waals surface area contributed by atoms with Crippen LogP contribution >= 0.6 is 11.3 Å². The molecule has 2 heterocycles. The summed E-state index contributed by atoms with van der Waals surface area (Å²) in [5.41, 5.74) is 2.79. The van der Waals surface area contributed by atoms with Gasteiger partial charge in [-0.1, -0.05) is 52.0 Å². The Morgan fingerprint density at radius 1 is 1.21 bits per heavy atom. The minimum absolute atomic E-state index is 0.0559. The molecule has 1 aliphatic heterocycles. The minimum atomic E-state index is -0.131. The molecule has 29 heavy (non-hydrogen) atoms. The third-order valence-electron chi connectivity index (χ3n) is 5.31. The van der Waals surface area contributed by atoms with Crippen molar-refractivity contribution in [3.63, 3.8) is 0 Å². The molecule has 1 aromatic carbocycles. The molecule has 156 valence electrons. The second-order valence-corrected chi connectivity index (χ2v) is 9.40. The summed E-state index contributed by atoms with van der Waals surface area (Å²) in [5, 5.41) is 5.68. The van der Waals surface area contributed by atoms with Crippen LogP contribution in [-0.2, 0) is 4.79 Å². The lowest BCUT2D eigenvalue weighted by atomic mass is 9.96. The van der Waals surface area contributed by atoms with Gasteiger partial charge in [-0.3, -0.25) is 9.59 Å². The number of aromatic nitrogens is 1. The first-order chi connectivity index (χ1) is 13.8. The van der Waals surface area contributed by atoms with E-state index in [4.69, 9.17) is 0 Å². The third-order valence-corrected chi connectivity index (χ3v) is 6.20. The average molecular weight is 414 g/mol. The molecule has 0 radical (unpaired) electrons. The van der Waals surface area contributed by atoms with Gasteiger partial charge in [0.25, 0.3) is 5.91 Å². The summed E-state index contributed by atoms with van der Waals surface area (Å²) in [6, 6.07) is 8.37. The van der Waals surface area contributed by atoms with Crippen LogP contribution in [0.5, 0.6) is 0 Å². The number of amides is 2. The van der Waals surface area contributed by atoms with Crippen LogP contribution in [0.15, 0.2) is 29.6 Å². The number of carbonyl (C=O) groups is 2. The van der Waals surface area contributed by atoms with Gasteiger partial charge in [0.2, 0.25) is 5.91 Å². The molecule has 3 rings (SSSR count). The van der Waals surface area contributed by atoms with E-state index in [1.807, 2.05) is 5.38 Å². The highest BCUT2D eigenvalue weighted by Gasteiger charge is 2.29. The Labute approximate surface area is 177 Å². The molecule has 0 bridgehead atoms. The smallest absolute Gasteiger partial charge is 0.273 e. The molecule has 1 fully saturated rings. The molecule has 5 nitrogen and oxygen atoms in total. The van der Waals surface area contributed by atoms with E-state index in [1.54, 1.807) is 4.90 Å². The van der Waals surface area contributed by atoms with Gasteiger partial charge in [-0.15, -0.1) is 11.3 Å². The summed E-state index contributed by atoms with van der Waals surface area (Å²) in [7, 11) is 0. The van der Waals surface area contributed by atoms with E-state index in [0.717, 1.165) is 23.4 Å². The normalized spacial score (nSPS) is 17.0. The van der Waals surface area contributed by atoms with Crippen LogP contribution in [0.4, 0.5) is 0 Å². The van der Waals surface area contributed by atoms with Crippen molar-refractivity contribution in [1.29, 1.82) is 0 Å². The second-order valence-electron chi connectivity index (χ2n) is 8.54. The number of thiazole rings is 1. The van der Waals surface area contributed by atoms with Crippen molar-refractivity contribution in [2.75, 3.05) is 19.6 Å². The Kier molecular flexibility index (Phi) is 7.06. The molecule has 1 atom stereocenters. The number of carbonyl (C=O) groups excluding carboxylic acids is 2. The summed E-state index contributed by atoms with van der Waals surface area (Å²) in [5.74, 6) is 0.756. The lowest BCUT2D eigenvalue weighted by molar-refractivity contribution is -0.126. The zero-order valence-electron chi connectivity index (χ0n) is 17.8. The lowest BCUT2D eigenvalue weighted by Gasteiger charge is -2.31. The average Bonchev–Trinajstić information content (AvgIpc) is 3.21. The summed E-state index contributed by atoms with van der Waals surface area (Å²) in [6.45, 7) is 10.3. The maximum absolute atomic E-state index is 13.0. The van der Waals surface area contributed by atoms with E-state index in [0.29, 0.717) is 37.2 Å². The Balaban J connectivity index is 1.65. The molecule has 2 aromatic rings. The van der Waals surface area contributed by atoms with Gasteiger partial charge in [-0.2, -0.15) is 0 Å². The summed E-state index contributed by atoms with van der Waals surface area (Å²) < 4.78 is 0. The highest BCUT2D eigenvalue weighted by Crippen LogP contribution is 2.27. The molecule has 0 aliphatic carbocycles. The van der Waals surface area contributed by atoms with Crippen LogP contribution in [-0.4, -0.2) is 41.3 Å². The first-order valence-corrected chi connectivity index (χ1v) is 11.4. The zero-order chi connectivity index (χ0) is 21.0. The standard InChI is InChI=1S/C23H31N3O2S/c1-15(2)12-24-21(27)19-6-5-11-26(13-19)23(28)20-14-29-22(25-20)18-9-7-17(8-10-18)16(3)4/h7-10,14-16,19H,5-6,11-13H2,1-4H3,(H,24,27)/t19-/m1/s1. The highest BCUT2D eigenvalue weighted by molar-refractivity contribution is 7.13. The van der Waals surface area contributed by atoms with E-state index >= 15 is 0 Å². The number of nitrogens with zero attached hydrogens (tertiary/aromatic N) is 2. The predicted octanol–water partition coefficient (Wildman–Crippen LogP) is 4.56. The van der Waals surface area contributed by atoms with Gasteiger partial charge in [-0.25, -0.2) is 4.98 Å². The molecule has 1 aromatic heterocycles. The number of hydrogen-bond donors (Lipinski definition) is 1. The van der Waals surface area contributed by atoms with E-state index in [2.05, 4.69) is 62.3 Å². The molecule has 0 unspecified atom stereocenters. The first kappa shape index (κ1) is 21.5. The van der Waals surface area contributed by atoms with E-state index in [1.165, 1.54) is 16.9 Å². The van der Waals surface area contributed by atoms with E-state index in [9.17, 15) is 9.59 Å². The van der Waals surface area contributed by atoms with Gasteiger partial charge < -0.3 is 10.2 Å². The number of hydrogen-bond acceptors (Lipinski definition) is 4. The van der Waals surface area contributed by atoms with Crippen LogP contribution < -0.4 is 5.32 Å². The Morgan fingerprint density at radius 3 is 2.59 bits per heavy atom. The highest BCUT2D eigenvalue weighted by atomic mass is 32.1. The van der Waals surface area contributed by atoms with Crippen LogP contribution in [0, 0.1) is 11.8 Å². The van der Waals surface area contributed by atoms with Crippen molar-refractivity contribution >= 4 is 23.2 Å². The molecule has 1 saturated heterocycles. The monoisotopic (exact) mass is 413 g/mol. The van der Waals surface area contributed by atoms with Gasteiger partial charge in [0, 0.05) is 30.6 Å². The van der Waals surface area contributed by atoms with Crippen LogP contribution in [0.25, 0.3) is 10.6 Å². The first-order valence-electron chi connectivity index (χ1n) is 10.5. The van der Waals surface area contributed by atoms with Gasteiger partial charge in [0.1, 0.15) is 10.7 Å². The second kappa shape index (κ2) is 9.53. The largest absolute Gasteiger partial charge is 0.356 e. The fourth-order valence-electron chi connectivity index (χ4n) is 3.50. The Hall–Kier alpha value is -2.21. The molecular weight excluding hydrogens is 382 g/mol. The number of nitrogens with one attached hydrogen (secondary N) is 1. The molecule has 6 heteroatoms. The molecule has 1 N–H and O–H groups in total. The summed E-state index contributed by atoms with van der Waals surface area (Å²) in [6.07, 6.45) is 1.68. The van der Waals surface area contributed by atoms with E-state index < -0.39 is 0 Å². The maximum Gasteiger partial charge on any atom is 0.273 e. The summed E-state index contributed by atoms with van der Waals surface area (Å²) in [4.78, 5) is 31.7. The van der Waals surface area contributed by atoms with Gasteiger partial charge in [-0.05, 0) is 30.2 Å². The van der Waals surface area contributed by atoms with Gasteiger partial charge in [0.15, 0.2) is 0 Å². The number of piperidine rings is 1. The quantitative estimate of drug-likeness (QED) is 0.755. The number of likely N-dealkylation sites (tertiary alicyclic amines) is 1. The number of rotatable bonds is 6. The van der Waals surface area contributed by atoms with Crippen molar-refractivity contribution in [2.45, 2.75) is 46.5 Å². The lowest BCUT2D eigenvalue weighted by Crippen LogP contribution is -2.46. The van der Waals surface area contributed by atoms with Crippen molar-refractivity contribution in [2.24, 2.45) is 11.8 Å². The van der Waals surface area contributed by atoms with Crippen LogP contribution in [0.1, 0.15) is 62.5 Å². The summed E-state index contributed by atoms with van der Waals surface area (Å²) >= 11 is 1.49. The molecular formula is C23H31N3O2S. The zero-order valence-corrected chi connectivity index (χ0v) is 18.6. The maximum atomic E-state index is 13.0. The van der Waals surface area contributed by atoms with E-state index in [-0.39, 0.29) is 17.7 Å². The topological polar surface area (TPSA) is 62.3 Å². The SMILES string of the molecule is CC(C)CNC(=O)[C@@H]1CCCN(C(=O)c2csc(-c3ccc(C(C)C)cc3)n2)C1. The minimum Gasteiger partial charge on any atom is -0.356 e. The predicted molar refractivity (Wildman–Crippen MR) is 118 cm³/mol. The Morgan fingerprint density at radius 2 is 1.93 bits per heavy atom. The van der Waals surface area contributed by atoms with Crippen molar-refractivity contribution in [3.8, 4) is 10.6 Å². The van der Waals surface area contributed by atoms with Gasteiger partial charge >= 0.3 is 0 Å². The van der Waals surface area contributed by atoms with Crippen molar-refractivity contribution in [3.05, 3.63) is 40.9 Å².